The summed E-state index contributed by atoms with van der Waals surface area (Å²) >= 11 is 0. The van der Waals surface area contributed by atoms with Crippen molar-refractivity contribution in [2.24, 2.45) is 0 Å². The van der Waals surface area contributed by atoms with Crippen LogP contribution in [0.5, 0.6) is 0 Å². The van der Waals surface area contributed by atoms with Crippen LogP contribution in [0.1, 0.15) is 69.2 Å². The Labute approximate surface area is 187 Å². The molecule has 1 fully saturated rings. The van der Waals surface area contributed by atoms with Gasteiger partial charge in [-0.2, -0.15) is 0 Å². The van der Waals surface area contributed by atoms with Gasteiger partial charge in [-0.3, -0.25) is 19.3 Å². The molecule has 2 heterocycles. The molecule has 3 amide bonds. The molecule has 1 atom stereocenters. The third kappa shape index (κ3) is 4.42. The molecule has 0 N–H and O–H groups in total. The molecule has 7 heteroatoms. The molecule has 2 aromatic carbocycles. The fraction of sp³-hybridized carbons (Fsp3) is 0.360. The van der Waals surface area contributed by atoms with Crippen molar-refractivity contribution in [3.05, 3.63) is 70.8 Å². The maximum Gasteiger partial charge on any atom is 0.338 e. The molecule has 0 bridgehead atoms. The first-order chi connectivity index (χ1) is 15.5. The Morgan fingerprint density at radius 2 is 1.53 bits per heavy atom. The van der Waals surface area contributed by atoms with Crippen molar-refractivity contribution in [3.8, 4) is 0 Å². The SMILES string of the molecule is CC(OC(=O)c1cccc(CN2C(=O)c3ccccc3C2=O)c1)C(=O)N1CCCCCC1. The van der Waals surface area contributed by atoms with Crippen LogP contribution in [-0.2, 0) is 16.1 Å². The highest BCUT2D eigenvalue weighted by Crippen LogP contribution is 2.24. The number of esters is 1. The Hall–Kier alpha value is -3.48. The van der Waals surface area contributed by atoms with Crippen LogP contribution in [0.4, 0.5) is 0 Å². The van der Waals surface area contributed by atoms with E-state index in [4.69, 9.17) is 4.74 Å². The zero-order valence-electron chi connectivity index (χ0n) is 18.1. The Kier molecular flexibility index (Phi) is 6.35. The first-order valence-electron chi connectivity index (χ1n) is 11.0. The topological polar surface area (TPSA) is 84.0 Å². The Morgan fingerprint density at radius 3 is 2.16 bits per heavy atom. The summed E-state index contributed by atoms with van der Waals surface area (Å²) in [6.45, 7) is 3.02. The summed E-state index contributed by atoms with van der Waals surface area (Å²) in [4.78, 5) is 53.5. The normalized spacial score (nSPS) is 17.0. The molecule has 2 aromatic rings. The molecule has 166 valence electrons. The summed E-state index contributed by atoms with van der Waals surface area (Å²) in [5, 5.41) is 0. The number of hydrogen-bond donors (Lipinski definition) is 0. The van der Waals surface area contributed by atoms with E-state index in [9.17, 15) is 19.2 Å². The second-order valence-electron chi connectivity index (χ2n) is 8.23. The maximum absolute atomic E-state index is 12.7. The summed E-state index contributed by atoms with van der Waals surface area (Å²) in [6, 6.07) is 13.3. The molecule has 4 rings (SSSR count). The number of carbonyl (C=O) groups excluding carboxylic acids is 4. The van der Waals surface area contributed by atoms with Gasteiger partial charge in [0.25, 0.3) is 17.7 Å². The average molecular weight is 434 g/mol. The fourth-order valence-electron chi connectivity index (χ4n) is 4.19. The van der Waals surface area contributed by atoms with Crippen molar-refractivity contribution >= 4 is 23.7 Å². The molecule has 2 aliphatic rings. The lowest BCUT2D eigenvalue weighted by Gasteiger charge is -2.24. The van der Waals surface area contributed by atoms with Crippen molar-refractivity contribution in [1.82, 2.24) is 9.80 Å². The summed E-state index contributed by atoms with van der Waals surface area (Å²) < 4.78 is 5.43. The molecule has 0 aliphatic carbocycles. The van der Waals surface area contributed by atoms with Crippen LogP contribution in [0.25, 0.3) is 0 Å². The standard InChI is InChI=1S/C25H26N2O5/c1-17(22(28)26-13-6-2-3-7-14-26)32-25(31)19-10-8-9-18(15-19)16-27-23(29)20-11-4-5-12-21(20)24(27)30/h4-5,8-12,15,17H,2-3,6-7,13-14,16H2,1H3. The number of carbonyl (C=O) groups is 4. The Balaban J connectivity index is 1.41. The molecule has 32 heavy (non-hydrogen) atoms. The zero-order chi connectivity index (χ0) is 22.7. The van der Waals surface area contributed by atoms with Crippen LogP contribution in [0.15, 0.2) is 48.5 Å². The second-order valence-corrected chi connectivity index (χ2v) is 8.23. The van der Waals surface area contributed by atoms with E-state index in [0.29, 0.717) is 29.8 Å². The van der Waals surface area contributed by atoms with Gasteiger partial charge in [0.2, 0.25) is 0 Å². The third-order valence-electron chi connectivity index (χ3n) is 5.93. The monoisotopic (exact) mass is 434 g/mol. The van der Waals surface area contributed by atoms with E-state index in [0.717, 1.165) is 25.7 Å². The highest BCUT2D eigenvalue weighted by molar-refractivity contribution is 6.21. The number of rotatable bonds is 5. The average Bonchev–Trinajstić information content (AvgIpc) is 3.00. The molecular formula is C25H26N2O5. The fourth-order valence-corrected chi connectivity index (χ4v) is 4.19. The van der Waals surface area contributed by atoms with Crippen molar-refractivity contribution < 1.29 is 23.9 Å². The minimum Gasteiger partial charge on any atom is -0.449 e. The molecule has 2 aliphatic heterocycles. The van der Waals surface area contributed by atoms with Gasteiger partial charge < -0.3 is 9.64 Å². The first-order valence-corrected chi connectivity index (χ1v) is 11.0. The van der Waals surface area contributed by atoms with E-state index in [1.807, 2.05) is 0 Å². The van der Waals surface area contributed by atoms with Gasteiger partial charge >= 0.3 is 5.97 Å². The zero-order valence-corrected chi connectivity index (χ0v) is 18.1. The number of benzene rings is 2. The molecule has 0 saturated carbocycles. The lowest BCUT2D eigenvalue weighted by Crippen LogP contribution is -2.40. The van der Waals surface area contributed by atoms with Gasteiger partial charge in [0.15, 0.2) is 6.10 Å². The van der Waals surface area contributed by atoms with E-state index in [-0.39, 0.29) is 29.8 Å². The Morgan fingerprint density at radius 1 is 0.906 bits per heavy atom. The van der Waals surface area contributed by atoms with E-state index < -0.39 is 12.1 Å². The predicted molar refractivity (Wildman–Crippen MR) is 117 cm³/mol. The van der Waals surface area contributed by atoms with Crippen LogP contribution in [0, 0.1) is 0 Å². The van der Waals surface area contributed by atoms with E-state index in [1.54, 1.807) is 60.4 Å². The van der Waals surface area contributed by atoms with Crippen molar-refractivity contribution in [2.45, 2.75) is 45.3 Å². The predicted octanol–water partition coefficient (Wildman–Crippen LogP) is 3.43. The van der Waals surface area contributed by atoms with Gasteiger partial charge in [-0.1, -0.05) is 37.1 Å². The second kappa shape index (κ2) is 9.34. The van der Waals surface area contributed by atoms with Gasteiger partial charge in [-0.05, 0) is 49.6 Å². The van der Waals surface area contributed by atoms with Gasteiger partial charge in [0.1, 0.15) is 0 Å². The van der Waals surface area contributed by atoms with Crippen LogP contribution >= 0.6 is 0 Å². The van der Waals surface area contributed by atoms with Gasteiger partial charge in [-0.15, -0.1) is 0 Å². The van der Waals surface area contributed by atoms with E-state index in [1.165, 1.54) is 4.90 Å². The lowest BCUT2D eigenvalue weighted by atomic mass is 10.1. The van der Waals surface area contributed by atoms with Gasteiger partial charge in [-0.25, -0.2) is 4.79 Å². The quantitative estimate of drug-likeness (QED) is 0.532. The maximum atomic E-state index is 12.7. The van der Waals surface area contributed by atoms with E-state index in [2.05, 4.69) is 0 Å². The first kappa shape index (κ1) is 21.7. The van der Waals surface area contributed by atoms with E-state index >= 15 is 0 Å². The van der Waals surface area contributed by atoms with Crippen LogP contribution in [0.3, 0.4) is 0 Å². The smallest absolute Gasteiger partial charge is 0.338 e. The van der Waals surface area contributed by atoms with Crippen LogP contribution < -0.4 is 0 Å². The number of nitrogens with zero attached hydrogens (tertiary/aromatic N) is 2. The molecule has 1 saturated heterocycles. The number of amides is 3. The highest BCUT2D eigenvalue weighted by atomic mass is 16.5. The van der Waals surface area contributed by atoms with Crippen molar-refractivity contribution in [1.29, 1.82) is 0 Å². The van der Waals surface area contributed by atoms with Crippen LogP contribution in [0.2, 0.25) is 0 Å². The number of likely N-dealkylation sites (tertiary alicyclic amines) is 1. The number of hydrogen-bond acceptors (Lipinski definition) is 5. The summed E-state index contributed by atoms with van der Waals surface area (Å²) in [6.07, 6.45) is 3.27. The van der Waals surface area contributed by atoms with Crippen molar-refractivity contribution in [2.75, 3.05) is 13.1 Å². The minimum atomic E-state index is -0.875. The molecule has 0 radical (unpaired) electrons. The largest absolute Gasteiger partial charge is 0.449 e. The number of fused-ring (bicyclic) bond motifs is 1. The van der Waals surface area contributed by atoms with Gasteiger partial charge in [0, 0.05) is 13.1 Å². The van der Waals surface area contributed by atoms with Crippen LogP contribution in [-0.4, -0.2) is 52.7 Å². The molecule has 7 nitrogen and oxygen atoms in total. The van der Waals surface area contributed by atoms with Gasteiger partial charge in [0.05, 0.1) is 23.2 Å². The molecule has 1 unspecified atom stereocenters. The van der Waals surface area contributed by atoms with Crippen molar-refractivity contribution in [3.63, 3.8) is 0 Å². The summed E-state index contributed by atoms with van der Waals surface area (Å²) in [5.74, 6) is -1.49. The molecular weight excluding hydrogens is 408 g/mol. The third-order valence-corrected chi connectivity index (χ3v) is 5.93. The molecule has 0 spiro atoms. The number of imide groups is 1. The minimum absolute atomic E-state index is 0.0513. The lowest BCUT2D eigenvalue weighted by molar-refractivity contribution is -0.139. The number of ether oxygens (including phenoxy) is 1. The highest BCUT2D eigenvalue weighted by Gasteiger charge is 2.35. The molecule has 0 aromatic heterocycles. The summed E-state index contributed by atoms with van der Waals surface area (Å²) in [5.41, 5.74) is 1.66. The summed E-state index contributed by atoms with van der Waals surface area (Å²) in [7, 11) is 0. The Bertz CT molecular complexity index is 1020.